The number of fused-ring (bicyclic) bond motifs is 1. The highest BCUT2D eigenvalue weighted by Crippen LogP contribution is 2.34. The molecular weight excluding hydrogens is 348 g/mol. The van der Waals surface area contributed by atoms with Crippen LogP contribution in [0.3, 0.4) is 0 Å². The molecule has 2 nitrogen and oxygen atoms in total. The van der Waals surface area contributed by atoms with E-state index in [1.807, 2.05) is 11.0 Å². The van der Waals surface area contributed by atoms with E-state index in [-0.39, 0.29) is 0 Å². The van der Waals surface area contributed by atoms with Crippen molar-refractivity contribution in [3.8, 4) is 0 Å². The predicted octanol–water partition coefficient (Wildman–Crippen LogP) is 5.69. The van der Waals surface area contributed by atoms with Gasteiger partial charge >= 0.3 is 6.18 Å². The SMILES string of the molecule is FC(F)(F)c1ccc2c(c1)N=CN(Cc1ccc(Cl)c(Cl)c1)C2. The van der Waals surface area contributed by atoms with Crippen LogP contribution in [-0.4, -0.2) is 11.2 Å². The van der Waals surface area contributed by atoms with Gasteiger partial charge in [0.25, 0.3) is 0 Å². The Kier molecular flexibility index (Phi) is 4.25. The van der Waals surface area contributed by atoms with E-state index in [1.165, 1.54) is 6.07 Å². The van der Waals surface area contributed by atoms with Crippen LogP contribution < -0.4 is 0 Å². The molecule has 120 valence electrons. The van der Waals surface area contributed by atoms with Gasteiger partial charge in [-0.2, -0.15) is 13.2 Å². The summed E-state index contributed by atoms with van der Waals surface area (Å²) in [6.45, 7) is 1.03. The zero-order valence-electron chi connectivity index (χ0n) is 11.7. The highest BCUT2D eigenvalue weighted by molar-refractivity contribution is 6.42. The molecule has 0 amide bonds. The molecule has 0 bridgehead atoms. The first-order valence-corrected chi connectivity index (χ1v) is 7.51. The fourth-order valence-electron chi connectivity index (χ4n) is 2.37. The quantitative estimate of drug-likeness (QED) is 0.673. The molecule has 23 heavy (non-hydrogen) atoms. The summed E-state index contributed by atoms with van der Waals surface area (Å²) >= 11 is 11.9. The van der Waals surface area contributed by atoms with E-state index in [0.717, 1.165) is 23.3 Å². The van der Waals surface area contributed by atoms with Gasteiger partial charge in [0.15, 0.2) is 0 Å². The number of hydrogen-bond donors (Lipinski definition) is 0. The fraction of sp³-hybridized carbons (Fsp3) is 0.188. The Morgan fingerprint density at radius 2 is 1.83 bits per heavy atom. The van der Waals surface area contributed by atoms with Crippen molar-refractivity contribution in [3.63, 3.8) is 0 Å². The maximum Gasteiger partial charge on any atom is 0.416 e. The number of alkyl halides is 3. The molecule has 0 atom stereocenters. The van der Waals surface area contributed by atoms with Gasteiger partial charge in [-0.1, -0.05) is 35.3 Å². The van der Waals surface area contributed by atoms with Crippen LogP contribution in [0.4, 0.5) is 18.9 Å². The molecule has 0 N–H and O–H groups in total. The van der Waals surface area contributed by atoms with Crippen LogP contribution in [0.15, 0.2) is 41.4 Å². The smallest absolute Gasteiger partial charge is 0.354 e. The zero-order valence-corrected chi connectivity index (χ0v) is 13.3. The zero-order chi connectivity index (χ0) is 16.6. The van der Waals surface area contributed by atoms with Crippen LogP contribution in [0.25, 0.3) is 0 Å². The van der Waals surface area contributed by atoms with E-state index < -0.39 is 11.7 Å². The molecule has 1 aliphatic rings. The lowest BCUT2D eigenvalue weighted by molar-refractivity contribution is -0.137. The second kappa shape index (κ2) is 6.06. The molecule has 0 fully saturated rings. The summed E-state index contributed by atoms with van der Waals surface area (Å²) in [4.78, 5) is 6.02. The Labute approximate surface area is 141 Å². The van der Waals surface area contributed by atoms with Crippen molar-refractivity contribution in [2.24, 2.45) is 4.99 Å². The standard InChI is InChI=1S/C16H11Cl2F3N2/c17-13-4-1-10(5-14(13)18)7-23-8-11-2-3-12(16(19,20)21)6-15(11)22-9-23/h1-6,9H,7-8H2. The van der Waals surface area contributed by atoms with Crippen molar-refractivity contribution in [2.45, 2.75) is 19.3 Å². The third kappa shape index (κ3) is 3.62. The summed E-state index contributed by atoms with van der Waals surface area (Å²) in [5, 5.41) is 0.945. The molecule has 0 unspecified atom stereocenters. The summed E-state index contributed by atoms with van der Waals surface area (Å²) < 4.78 is 38.1. The van der Waals surface area contributed by atoms with Gasteiger partial charge in [0, 0.05) is 13.1 Å². The molecule has 0 saturated carbocycles. The van der Waals surface area contributed by atoms with Crippen LogP contribution in [0, 0.1) is 0 Å². The van der Waals surface area contributed by atoms with Crippen molar-refractivity contribution in [3.05, 3.63) is 63.1 Å². The molecule has 0 radical (unpaired) electrons. The third-order valence-electron chi connectivity index (χ3n) is 3.52. The van der Waals surface area contributed by atoms with Gasteiger partial charge < -0.3 is 4.90 Å². The number of aliphatic imine (C=N–C) groups is 1. The first-order chi connectivity index (χ1) is 10.8. The van der Waals surface area contributed by atoms with Crippen LogP contribution in [0.2, 0.25) is 10.0 Å². The van der Waals surface area contributed by atoms with E-state index in [4.69, 9.17) is 23.2 Å². The number of nitrogens with zero attached hydrogens (tertiary/aromatic N) is 2. The second-order valence-corrected chi connectivity index (χ2v) is 6.05. The van der Waals surface area contributed by atoms with Crippen LogP contribution >= 0.6 is 23.2 Å². The highest BCUT2D eigenvalue weighted by Gasteiger charge is 2.31. The molecule has 1 aliphatic heterocycles. The van der Waals surface area contributed by atoms with Crippen LogP contribution in [0.5, 0.6) is 0 Å². The second-order valence-electron chi connectivity index (χ2n) is 5.24. The number of benzene rings is 2. The van der Waals surface area contributed by atoms with Crippen molar-refractivity contribution in [1.82, 2.24) is 4.90 Å². The maximum absolute atomic E-state index is 12.7. The predicted molar refractivity (Wildman–Crippen MR) is 85.3 cm³/mol. The lowest BCUT2D eigenvalue weighted by Gasteiger charge is -2.25. The van der Waals surface area contributed by atoms with Gasteiger partial charge in [0.2, 0.25) is 0 Å². The van der Waals surface area contributed by atoms with E-state index in [2.05, 4.69) is 4.99 Å². The molecule has 0 aromatic heterocycles. The van der Waals surface area contributed by atoms with E-state index >= 15 is 0 Å². The van der Waals surface area contributed by atoms with Crippen molar-refractivity contribution < 1.29 is 13.2 Å². The summed E-state index contributed by atoms with van der Waals surface area (Å²) in [6, 6.07) is 8.95. The van der Waals surface area contributed by atoms with Crippen molar-refractivity contribution >= 4 is 35.2 Å². The Bertz CT molecular complexity index is 772. The summed E-state index contributed by atoms with van der Waals surface area (Å²) in [7, 11) is 0. The lowest BCUT2D eigenvalue weighted by atomic mass is 10.1. The molecule has 0 aliphatic carbocycles. The first-order valence-electron chi connectivity index (χ1n) is 6.75. The van der Waals surface area contributed by atoms with Crippen LogP contribution in [-0.2, 0) is 19.3 Å². The number of rotatable bonds is 2. The number of hydrogen-bond acceptors (Lipinski definition) is 2. The molecule has 1 heterocycles. The van der Waals surface area contributed by atoms with Gasteiger partial charge in [-0.25, -0.2) is 4.99 Å². The van der Waals surface area contributed by atoms with Gasteiger partial charge in [0.1, 0.15) is 0 Å². The average molecular weight is 359 g/mol. The average Bonchev–Trinajstić information content (AvgIpc) is 2.49. The Morgan fingerprint density at radius 3 is 2.52 bits per heavy atom. The molecule has 7 heteroatoms. The Hall–Kier alpha value is -1.72. The van der Waals surface area contributed by atoms with Gasteiger partial charge in [-0.15, -0.1) is 0 Å². The van der Waals surface area contributed by atoms with Crippen LogP contribution in [0.1, 0.15) is 16.7 Å². The summed E-state index contributed by atoms with van der Waals surface area (Å²) in [6.07, 6.45) is -2.81. The molecule has 0 spiro atoms. The molecule has 2 aromatic carbocycles. The minimum atomic E-state index is -4.36. The molecule has 2 aromatic rings. The maximum atomic E-state index is 12.7. The normalized spacial score (nSPS) is 14.0. The van der Waals surface area contributed by atoms with E-state index in [0.29, 0.717) is 28.8 Å². The minimum Gasteiger partial charge on any atom is -0.354 e. The summed E-state index contributed by atoms with van der Waals surface area (Å²) in [5.41, 5.74) is 1.36. The van der Waals surface area contributed by atoms with E-state index in [1.54, 1.807) is 18.5 Å². The largest absolute Gasteiger partial charge is 0.416 e. The fourth-order valence-corrected chi connectivity index (χ4v) is 2.69. The van der Waals surface area contributed by atoms with Gasteiger partial charge in [0.05, 0.1) is 27.6 Å². The monoisotopic (exact) mass is 358 g/mol. The van der Waals surface area contributed by atoms with Gasteiger partial charge in [-0.3, -0.25) is 0 Å². The van der Waals surface area contributed by atoms with Crippen molar-refractivity contribution in [2.75, 3.05) is 0 Å². The van der Waals surface area contributed by atoms with Crippen molar-refractivity contribution in [1.29, 1.82) is 0 Å². The highest BCUT2D eigenvalue weighted by atomic mass is 35.5. The molecule has 0 saturated heterocycles. The first kappa shape index (κ1) is 16.1. The Balaban J connectivity index is 1.78. The third-order valence-corrected chi connectivity index (χ3v) is 4.25. The lowest BCUT2D eigenvalue weighted by Crippen LogP contribution is -2.23. The molecular formula is C16H11Cl2F3N2. The van der Waals surface area contributed by atoms with Gasteiger partial charge in [-0.05, 0) is 35.4 Å². The topological polar surface area (TPSA) is 15.6 Å². The number of halogens is 5. The Morgan fingerprint density at radius 1 is 1.04 bits per heavy atom. The molecule has 3 rings (SSSR count). The van der Waals surface area contributed by atoms with E-state index in [9.17, 15) is 13.2 Å². The minimum absolute atomic E-state index is 0.352. The summed E-state index contributed by atoms with van der Waals surface area (Å²) in [5.74, 6) is 0.